The highest BCUT2D eigenvalue weighted by atomic mass is 16.3. The lowest BCUT2D eigenvalue weighted by Crippen LogP contribution is -2.30. The Bertz CT molecular complexity index is 593. The standard InChI is InChI=1S/C16H16NO/c1-2-10-17-11-9-13-6-3-4-7-14(13)16(17)15-8-5-12-18-15/h2-8,12H,1,9-11H2/q+1. The van der Waals surface area contributed by atoms with Crippen LogP contribution in [0.3, 0.4) is 0 Å². The molecule has 0 saturated heterocycles. The third kappa shape index (κ3) is 1.80. The van der Waals surface area contributed by atoms with Gasteiger partial charge in [-0.15, -0.1) is 0 Å². The van der Waals surface area contributed by atoms with E-state index in [-0.39, 0.29) is 0 Å². The first-order chi connectivity index (χ1) is 8.90. The fraction of sp³-hybridized carbons (Fsp3) is 0.188. The van der Waals surface area contributed by atoms with Gasteiger partial charge in [0.15, 0.2) is 12.3 Å². The summed E-state index contributed by atoms with van der Waals surface area (Å²) >= 11 is 0. The molecule has 2 heterocycles. The minimum Gasteiger partial charge on any atom is -0.458 e. The third-order valence-electron chi connectivity index (χ3n) is 3.34. The van der Waals surface area contributed by atoms with Crippen molar-refractivity contribution in [2.24, 2.45) is 0 Å². The van der Waals surface area contributed by atoms with E-state index in [1.807, 2.05) is 18.2 Å². The second kappa shape index (κ2) is 4.65. The average Bonchev–Trinajstić information content (AvgIpc) is 2.92. The first-order valence-corrected chi connectivity index (χ1v) is 6.25. The van der Waals surface area contributed by atoms with Gasteiger partial charge in [-0.1, -0.05) is 24.8 Å². The monoisotopic (exact) mass is 238 g/mol. The van der Waals surface area contributed by atoms with Crippen molar-refractivity contribution >= 4 is 5.71 Å². The second-order valence-electron chi connectivity index (χ2n) is 4.47. The van der Waals surface area contributed by atoms with Crippen molar-refractivity contribution in [1.29, 1.82) is 0 Å². The largest absolute Gasteiger partial charge is 0.458 e. The van der Waals surface area contributed by atoms with Crippen LogP contribution in [-0.2, 0) is 6.42 Å². The van der Waals surface area contributed by atoms with Gasteiger partial charge < -0.3 is 4.42 Å². The molecule has 0 bridgehead atoms. The van der Waals surface area contributed by atoms with E-state index < -0.39 is 0 Å². The van der Waals surface area contributed by atoms with E-state index in [0.29, 0.717) is 0 Å². The van der Waals surface area contributed by atoms with Gasteiger partial charge in [-0.2, -0.15) is 0 Å². The molecule has 0 saturated carbocycles. The molecular formula is C16H16NO+. The Hall–Kier alpha value is -2.09. The molecule has 0 spiro atoms. The Kier molecular flexibility index (Phi) is 2.85. The van der Waals surface area contributed by atoms with Gasteiger partial charge in [0, 0.05) is 6.42 Å². The van der Waals surface area contributed by atoms with Crippen molar-refractivity contribution in [2.45, 2.75) is 6.42 Å². The van der Waals surface area contributed by atoms with Crippen molar-refractivity contribution < 1.29 is 8.99 Å². The number of hydrogen-bond donors (Lipinski definition) is 0. The fourth-order valence-electron chi connectivity index (χ4n) is 2.55. The lowest BCUT2D eigenvalue weighted by Gasteiger charge is -2.16. The molecule has 2 aromatic rings. The number of nitrogens with zero attached hydrogens (tertiary/aromatic N) is 1. The zero-order valence-electron chi connectivity index (χ0n) is 10.3. The zero-order chi connectivity index (χ0) is 12.4. The molecule has 0 fully saturated rings. The molecule has 0 atom stereocenters. The first-order valence-electron chi connectivity index (χ1n) is 6.25. The predicted octanol–water partition coefficient (Wildman–Crippen LogP) is 2.87. The van der Waals surface area contributed by atoms with Crippen LogP contribution in [0, 0.1) is 0 Å². The van der Waals surface area contributed by atoms with Crippen molar-refractivity contribution in [3.8, 4) is 0 Å². The summed E-state index contributed by atoms with van der Waals surface area (Å²) < 4.78 is 7.92. The smallest absolute Gasteiger partial charge is 0.250 e. The lowest BCUT2D eigenvalue weighted by atomic mass is 9.95. The molecule has 1 aliphatic heterocycles. The number of benzene rings is 1. The van der Waals surface area contributed by atoms with Gasteiger partial charge in [0.05, 0.1) is 11.8 Å². The molecule has 2 heteroatoms. The summed E-state index contributed by atoms with van der Waals surface area (Å²) in [5.74, 6) is 0.934. The highest BCUT2D eigenvalue weighted by molar-refractivity contribution is 6.09. The summed E-state index contributed by atoms with van der Waals surface area (Å²) in [5, 5.41) is 0. The molecule has 18 heavy (non-hydrogen) atoms. The second-order valence-corrected chi connectivity index (χ2v) is 4.47. The molecule has 3 rings (SSSR count). The summed E-state index contributed by atoms with van der Waals surface area (Å²) in [7, 11) is 0. The van der Waals surface area contributed by atoms with Crippen LogP contribution in [-0.4, -0.2) is 23.4 Å². The molecule has 0 unspecified atom stereocenters. The predicted molar refractivity (Wildman–Crippen MR) is 72.3 cm³/mol. The van der Waals surface area contributed by atoms with Crippen molar-refractivity contribution in [1.82, 2.24) is 0 Å². The van der Waals surface area contributed by atoms with Gasteiger partial charge in [-0.3, -0.25) is 0 Å². The van der Waals surface area contributed by atoms with E-state index in [0.717, 1.165) is 25.3 Å². The van der Waals surface area contributed by atoms with Gasteiger partial charge in [0.2, 0.25) is 0 Å². The Morgan fingerprint density at radius 1 is 1.22 bits per heavy atom. The first kappa shape index (κ1) is 11.0. The molecule has 0 amide bonds. The van der Waals surface area contributed by atoms with Crippen molar-refractivity contribution in [3.63, 3.8) is 0 Å². The highest BCUT2D eigenvalue weighted by Gasteiger charge is 2.27. The van der Waals surface area contributed by atoms with E-state index >= 15 is 0 Å². The minimum absolute atomic E-state index is 0.852. The van der Waals surface area contributed by atoms with E-state index in [2.05, 4.69) is 35.4 Å². The van der Waals surface area contributed by atoms with Crippen LogP contribution in [0.25, 0.3) is 0 Å². The molecule has 90 valence electrons. The maximum Gasteiger partial charge on any atom is 0.250 e. The SMILES string of the molecule is C=CC[N+]1=C(c2ccco2)c2ccccc2CC1. The fourth-order valence-corrected chi connectivity index (χ4v) is 2.55. The Balaban J connectivity index is 2.20. The number of rotatable bonds is 3. The maximum absolute atomic E-state index is 5.59. The molecule has 1 aromatic carbocycles. The van der Waals surface area contributed by atoms with Crippen LogP contribution in [0.5, 0.6) is 0 Å². The summed E-state index contributed by atoms with van der Waals surface area (Å²) in [4.78, 5) is 0. The Labute approximate surface area is 107 Å². The molecule has 0 radical (unpaired) electrons. The number of hydrogen-bond acceptors (Lipinski definition) is 1. The van der Waals surface area contributed by atoms with Crippen LogP contribution < -0.4 is 0 Å². The summed E-state index contributed by atoms with van der Waals surface area (Å²) in [6.07, 6.45) is 4.75. The van der Waals surface area contributed by atoms with Crippen molar-refractivity contribution in [3.05, 3.63) is 72.2 Å². The third-order valence-corrected chi connectivity index (χ3v) is 3.34. The van der Waals surface area contributed by atoms with Crippen LogP contribution >= 0.6 is 0 Å². The van der Waals surface area contributed by atoms with E-state index in [9.17, 15) is 0 Å². The molecular weight excluding hydrogens is 222 g/mol. The van der Waals surface area contributed by atoms with E-state index in [4.69, 9.17) is 4.42 Å². The van der Waals surface area contributed by atoms with Crippen molar-refractivity contribution in [2.75, 3.05) is 13.1 Å². The van der Waals surface area contributed by atoms with Crippen LogP contribution in [0.1, 0.15) is 16.9 Å². The normalized spacial score (nSPS) is 14.4. The average molecular weight is 238 g/mol. The van der Waals surface area contributed by atoms with Crippen LogP contribution in [0.15, 0.2) is 59.7 Å². The van der Waals surface area contributed by atoms with Gasteiger partial charge in [-0.25, -0.2) is 4.58 Å². The molecule has 0 aliphatic carbocycles. The highest BCUT2D eigenvalue weighted by Crippen LogP contribution is 2.20. The van der Waals surface area contributed by atoms with Gasteiger partial charge in [0.1, 0.15) is 6.54 Å². The van der Waals surface area contributed by atoms with Gasteiger partial charge >= 0.3 is 0 Å². The number of furan rings is 1. The summed E-state index contributed by atoms with van der Waals surface area (Å²) in [6, 6.07) is 12.5. The van der Waals surface area contributed by atoms with Crippen LogP contribution in [0.2, 0.25) is 0 Å². The lowest BCUT2D eigenvalue weighted by molar-refractivity contribution is -0.518. The van der Waals surface area contributed by atoms with E-state index in [1.54, 1.807) is 6.26 Å². The minimum atomic E-state index is 0.852. The Morgan fingerprint density at radius 3 is 2.89 bits per heavy atom. The maximum atomic E-state index is 5.59. The van der Waals surface area contributed by atoms with Crippen LogP contribution in [0.4, 0.5) is 0 Å². The molecule has 1 aliphatic rings. The molecule has 0 N–H and O–H groups in total. The summed E-state index contributed by atoms with van der Waals surface area (Å²) in [6.45, 7) is 5.71. The topological polar surface area (TPSA) is 16.1 Å². The molecule has 2 nitrogen and oxygen atoms in total. The molecule has 1 aromatic heterocycles. The quantitative estimate of drug-likeness (QED) is 0.593. The number of fused-ring (bicyclic) bond motifs is 1. The van der Waals surface area contributed by atoms with Gasteiger partial charge in [0.25, 0.3) is 5.71 Å². The van der Waals surface area contributed by atoms with E-state index in [1.165, 1.54) is 16.8 Å². The summed E-state index contributed by atoms with van der Waals surface area (Å²) in [5.41, 5.74) is 3.85. The van der Waals surface area contributed by atoms with Gasteiger partial charge in [-0.05, 0) is 29.8 Å². The zero-order valence-corrected chi connectivity index (χ0v) is 10.3. The Morgan fingerprint density at radius 2 is 2.11 bits per heavy atom.